The summed E-state index contributed by atoms with van der Waals surface area (Å²) >= 11 is 1.48. The molecule has 3 aromatic rings. The van der Waals surface area contributed by atoms with Gasteiger partial charge in [0.2, 0.25) is 10.0 Å². The van der Waals surface area contributed by atoms with Crippen LogP contribution in [-0.2, 0) is 20.0 Å². The molecule has 0 bridgehead atoms. The highest BCUT2D eigenvalue weighted by Gasteiger charge is 2.38. The Labute approximate surface area is 186 Å². The molecule has 10 heteroatoms. The third-order valence-corrected chi connectivity index (χ3v) is 8.86. The minimum absolute atomic E-state index is 0.0400. The van der Waals surface area contributed by atoms with Gasteiger partial charge in [-0.2, -0.15) is 17.9 Å². The molecule has 1 aromatic heterocycles. The number of anilines is 1. The molecule has 0 saturated heterocycles. The molecular weight excluding hydrogens is 454 g/mol. The summed E-state index contributed by atoms with van der Waals surface area (Å²) in [5.41, 5.74) is 1.66. The number of benzene rings is 2. The monoisotopic (exact) mass is 475 g/mol. The average molecular weight is 476 g/mol. The molecule has 4 rings (SSSR count). The zero-order valence-electron chi connectivity index (χ0n) is 16.7. The van der Waals surface area contributed by atoms with E-state index in [1.165, 1.54) is 15.8 Å². The molecule has 2 heterocycles. The summed E-state index contributed by atoms with van der Waals surface area (Å²) in [5, 5.41) is 6.40. The van der Waals surface area contributed by atoms with Crippen molar-refractivity contribution >= 4 is 42.8 Å². The van der Waals surface area contributed by atoms with Crippen LogP contribution in [0, 0.1) is 0 Å². The number of thiophene rings is 1. The van der Waals surface area contributed by atoms with Crippen molar-refractivity contribution in [1.82, 2.24) is 4.41 Å². The van der Waals surface area contributed by atoms with Gasteiger partial charge in [0.1, 0.15) is 6.04 Å². The lowest BCUT2D eigenvalue weighted by molar-refractivity contribution is 0.375. The summed E-state index contributed by atoms with van der Waals surface area (Å²) in [7, 11) is -7.28. The second-order valence-corrected chi connectivity index (χ2v) is 11.7. The Kier molecular flexibility index (Phi) is 5.87. The van der Waals surface area contributed by atoms with E-state index >= 15 is 0 Å². The van der Waals surface area contributed by atoms with Crippen LogP contribution in [0.3, 0.4) is 0 Å². The molecule has 1 aliphatic heterocycles. The molecule has 1 atom stereocenters. The number of rotatable bonds is 7. The fourth-order valence-electron chi connectivity index (χ4n) is 3.29. The van der Waals surface area contributed by atoms with Gasteiger partial charge in [0.25, 0.3) is 10.0 Å². The first kappa shape index (κ1) is 21.5. The fraction of sp³-hybridized carbons (Fsp3) is 0.190. The number of nitrogens with zero attached hydrogens (tertiary/aromatic N) is 2. The van der Waals surface area contributed by atoms with Crippen molar-refractivity contribution in [3.05, 3.63) is 82.6 Å². The van der Waals surface area contributed by atoms with E-state index < -0.39 is 26.1 Å². The summed E-state index contributed by atoms with van der Waals surface area (Å²) in [4.78, 5) is 1.06. The summed E-state index contributed by atoms with van der Waals surface area (Å²) in [6, 6.07) is 18.4. The van der Waals surface area contributed by atoms with Crippen LogP contribution < -0.4 is 4.72 Å². The Bertz CT molecular complexity index is 1300. The van der Waals surface area contributed by atoms with E-state index in [-0.39, 0.29) is 10.6 Å². The zero-order valence-corrected chi connectivity index (χ0v) is 19.1. The van der Waals surface area contributed by atoms with Crippen molar-refractivity contribution in [2.24, 2.45) is 5.10 Å². The Morgan fingerprint density at radius 3 is 2.48 bits per heavy atom. The normalized spacial score (nSPS) is 16.9. The SMILES string of the molecule is CCS(=O)(=O)Nc1cccc(C2=NN(S(=O)(=O)c3ccccc3)[C@H](c3cccs3)C2)c1. The molecule has 0 unspecified atom stereocenters. The second-order valence-electron chi connectivity index (χ2n) is 6.96. The molecule has 0 spiro atoms. The lowest BCUT2D eigenvalue weighted by Crippen LogP contribution is -2.26. The molecule has 2 aromatic carbocycles. The molecule has 0 amide bonds. The largest absolute Gasteiger partial charge is 0.284 e. The van der Waals surface area contributed by atoms with Crippen molar-refractivity contribution in [1.29, 1.82) is 0 Å². The van der Waals surface area contributed by atoms with E-state index in [0.29, 0.717) is 23.4 Å². The third kappa shape index (κ3) is 4.51. The molecule has 0 radical (unpaired) electrons. The Balaban J connectivity index is 1.74. The number of sulfonamides is 2. The predicted molar refractivity (Wildman–Crippen MR) is 123 cm³/mol. The lowest BCUT2D eigenvalue weighted by Gasteiger charge is -2.22. The summed E-state index contributed by atoms with van der Waals surface area (Å²) in [6.07, 6.45) is 0.385. The van der Waals surface area contributed by atoms with E-state index in [9.17, 15) is 16.8 Å². The van der Waals surface area contributed by atoms with Crippen molar-refractivity contribution in [3.8, 4) is 0 Å². The third-order valence-electron chi connectivity index (χ3n) is 4.88. The van der Waals surface area contributed by atoms with Gasteiger partial charge in [-0.1, -0.05) is 36.4 Å². The van der Waals surface area contributed by atoms with Crippen LogP contribution in [0.1, 0.15) is 29.8 Å². The van der Waals surface area contributed by atoms with Crippen LogP contribution in [0.5, 0.6) is 0 Å². The summed E-state index contributed by atoms with van der Waals surface area (Å²) in [5.74, 6) is -0.0400. The van der Waals surface area contributed by atoms with Crippen molar-refractivity contribution in [2.75, 3.05) is 10.5 Å². The smallest absolute Gasteiger partial charge is 0.279 e. The van der Waals surface area contributed by atoms with Gasteiger partial charge in [-0.25, -0.2) is 8.42 Å². The van der Waals surface area contributed by atoms with Crippen LogP contribution in [0.25, 0.3) is 0 Å². The maximum atomic E-state index is 13.3. The molecule has 1 N–H and O–H groups in total. The first-order valence-corrected chi connectivity index (χ1v) is 13.6. The molecule has 31 heavy (non-hydrogen) atoms. The second kappa shape index (κ2) is 8.45. The Morgan fingerprint density at radius 2 is 1.81 bits per heavy atom. The minimum Gasteiger partial charge on any atom is -0.284 e. The lowest BCUT2D eigenvalue weighted by atomic mass is 10.0. The highest BCUT2D eigenvalue weighted by molar-refractivity contribution is 7.92. The van der Waals surface area contributed by atoms with E-state index in [4.69, 9.17) is 0 Å². The molecule has 1 aliphatic rings. The molecule has 162 valence electrons. The highest BCUT2D eigenvalue weighted by Crippen LogP contribution is 2.39. The standard InChI is InChI=1S/C21H21N3O4S3/c1-2-30(25,26)23-17-9-6-8-16(14-17)19-15-20(21-12-7-13-29-21)24(22-19)31(27,28)18-10-4-3-5-11-18/h3-14,20,23H,2,15H2,1H3/t20-/m0/s1. The molecule has 0 fully saturated rings. The minimum atomic E-state index is -3.86. The van der Waals surface area contributed by atoms with Gasteiger partial charge in [0.15, 0.2) is 0 Å². The van der Waals surface area contributed by atoms with Crippen LogP contribution in [0.15, 0.2) is 82.1 Å². The first-order chi connectivity index (χ1) is 14.8. The van der Waals surface area contributed by atoms with E-state index in [2.05, 4.69) is 9.82 Å². The zero-order chi connectivity index (χ0) is 22.1. The van der Waals surface area contributed by atoms with Gasteiger partial charge in [-0.15, -0.1) is 11.3 Å². The van der Waals surface area contributed by atoms with Gasteiger partial charge in [-0.3, -0.25) is 4.72 Å². The summed E-state index contributed by atoms with van der Waals surface area (Å²) in [6.45, 7) is 1.56. The van der Waals surface area contributed by atoms with Crippen molar-refractivity contribution in [3.63, 3.8) is 0 Å². The molecule has 0 saturated carbocycles. The Hall–Kier alpha value is -2.69. The molecular formula is C21H21N3O4S3. The van der Waals surface area contributed by atoms with Crippen LogP contribution in [0.2, 0.25) is 0 Å². The predicted octanol–water partition coefficient (Wildman–Crippen LogP) is 4.05. The van der Waals surface area contributed by atoms with Gasteiger partial charge >= 0.3 is 0 Å². The number of hydrogen-bond donors (Lipinski definition) is 1. The van der Waals surface area contributed by atoms with E-state index in [0.717, 1.165) is 4.88 Å². The highest BCUT2D eigenvalue weighted by atomic mass is 32.2. The number of nitrogens with one attached hydrogen (secondary N) is 1. The average Bonchev–Trinajstić information content (AvgIpc) is 3.44. The summed E-state index contributed by atoms with van der Waals surface area (Å²) < 4.78 is 54.2. The quantitative estimate of drug-likeness (QED) is 0.558. The van der Waals surface area contributed by atoms with Crippen LogP contribution in [0.4, 0.5) is 5.69 Å². The van der Waals surface area contributed by atoms with E-state index in [1.54, 1.807) is 61.5 Å². The number of hydrogen-bond acceptors (Lipinski definition) is 6. The fourth-order valence-corrected chi connectivity index (χ4v) is 6.25. The van der Waals surface area contributed by atoms with Gasteiger partial charge in [0, 0.05) is 17.0 Å². The molecule has 0 aliphatic carbocycles. The van der Waals surface area contributed by atoms with E-state index in [1.807, 2.05) is 17.5 Å². The van der Waals surface area contributed by atoms with Gasteiger partial charge in [-0.05, 0) is 48.2 Å². The first-order valence-electron chi connectivity index (χ1n) is 9.61. The van der Waals surface area contributed by atoms with Crippen molar-refractivity contribution in [2.45, 2.75) is 24.3 Å². The van der Waals surface area contributed by atoms with Crippen LogP contribution >= 0.6 is 11.3 Å². The maximum Gasteiger partial charge on any atom is 0.279 e. The Morgan fingerprint density at radius 1 is 1.03 bits per heavy atom. The van der Waals surface area contributed by atoms with Crippen molar-refractivity contribution < 1.29 is 16.8 Å². The molecule has 7 nitrogen and oxygen atoms in total. The number of hydrazone groups is 1. The maximum absolute atomic E-state index is 13.3. The topological polar surface area (TPSA) is 95.9 Å². The van der Waals surface area contributed by atoms with Gasteiger partial charge in [0.05, 0.1) is 16.4 Å². The van der Waals surface area contributed by atoms with Gasteiger partial charge < -0.3 is 0 Å². The van der Waals surface area contributed by atoms with Crippen LogP contribution in [-0.4, -0.2) is 32.7 Å².